The van der Waals surface area contributed by atoms with Crippen molar-refractivity contribution >= 4 is 23.2 Å². The van der Waals surface area contributed by atoms with Gasteiger partial charge < -0.3 is 15.2 Å². The number of phenolic OH excluding ortho intramolecular Hbond substituents is 1. The summed E-state index contributed by atoms with van der Waals surface area (Å²) in [7, 11) is 0. The third kappa shape index (κ3) is 3.49. The first-order valence-electron chi connectivity index (χ1n) is 5.62. The highest BCUT2D eigenvalue weighted by Gasteiger charge is 2.15. The topological polar surface area (TPSA) is 41.5 Å². The van der Waals surface area contributed by atoms with E-state index in [4.69, 9.17) is 27.9 Å². The summed E-state index contributed by atoms with van der Waals surface area (Å²) in [5.41, 5.74) is 0.724. The highest BCUT2D eigenvalue weighted by molar-refractivity contribution is 6.35. The second kappa shape index (κ2) is 5.91. The fourth-order valence-corrected chi connectivity index (χ4v) is 2.44. The van der Waals surface area contributed by atoms with Gasteiger partial charge in [0.1, 0.15) is 5.75 Å². The standard InChI is InChI=1S/C12H15Cl2NO2/c13-10-3-9(12(16)11(14)4-10)6-15-5-8-1-2-17-7-8/h3-4,8,15-16H,1-2,5-7H2. The molecule has 94 valence electrons. The summed E-state index contributed by atoms with van der Waals surface area (Å²) >= 11 is 11.7. The molecule has 1 heterocycles. The minimum atomic E-state index is 0.103. The Kier molecular flexibility index (Phi) is 4.51. The number of benzene rings is 1. The molecule has 0 saturated carbocycles. The van der Waals surface area contributed by atoms with Gasteiger partial charge in [-0.25, -0.2) is 0 Å². The average Bonchev–Trinajstić information content (AvgIpc) is 2.78. The van der Waals surface area contributed by atoms with Crippen LogP contribution in [0.15, 0.2) is 12.1 Å². The van der Waals surface area contributed by atoms with Gasteiger partial charge in [-0.1, -0.05) is 23.2 Å². The highest BCUT2D eigenvalue weighted by Crippen LogP contribution is 2.31. The molecule has 1 unspecified atom stereocenters. The van der Waals surface area contributed by atoms with E-state index in [2.05, 4.69) is 5.32 Å². The SMILES string of the molecule is Oc1c(Cl)cc(Cl)cc1CNCC1CCOC1. The quantitative estimate of drug-likeness (QED) is 0.888. The van der Waals surface area contributed by atoms with Gasteiger partial charge in [-0.05, 0) is 24.5 Å². The van der Waals surface area contributed by atoms with E-state index in [9.17, 15) is 5.11 Å². The first-order chi connectivity index (χ1) is 8.16. The molecule has 1 aromatic carbocycles. The number of rotatable bonds is 4. The molecule has 1 aliphatic rings. The second-order valence-corrected chi connectivity index (χ2v) is 5.10. The third-order valence-corrected chi connectivity index (χ3v) is 3.39. The lowest BCUT2D eigenvalue weighted by Crippen LogP contribution is -2.22. The van der Waals surface area contributed by atoms with Crippen molar-refractivity contribution in [1.82, 2.24) is 5.32 Å². The number of nitrogens with one attached hydrogen (secondary N) is 1. The van der Waals surface area contributed by atoms with Crippen LogP contribution in [0.4, 0.5) is 0 Å². The molecule has 1 atom stereocenters. The van der Waals surface area contributed by atoms with Crippen molar-refractivity contribution in [2.24, 2.45) is 5.92 Å². The van der Waals surface area contributed by atoms with Gasteiger partial charge in [0.25, 0.3) is 0 Å². The summed E-state index contributed by atoms with van der Waals surface area (Å²) < 4.78 is 5.29. The zero-order valence-corrected chi connectivity index (χ0v) is 10.9. The van der Waals surface area contributed by atoms with Crippen LogP contribution in [0.5, 0.6) is 5.75 Å². The predicted molar refractivity (Wildman–Crippen MR) is 68.8 cm³/mol. The summed E-state index contributed by atoms with van der Waals surface area (Å²) in [6.07, 6.45) is 1.09. The Balaban J connectivity index is 1.89. The van der Waals surface area contributed by atoms with E-state index in [-0.39, 0.29) is 5.75 Å². The minimum absolute atomic E-state index is 0.103. The normalized spacial score (nSPS) is 19.8. The molecule has 0 spiro atoms. The minimum Gasteiger partial charge on any atom is -0.506 e. The number of phenols is 1. The molecule has 1 fully saturated rings. The molecule has 0 aromatic heterocycles. The molecule has 2 rings (SSSR count). The molecule has 0 aliphatic carbocycles. The summed E-state index contributed by atoms with van der Waals surface area (Å²) in [6, 6.07) is 3.26. The zero-order chi connectivity index (χ0) is 12.3. The van der Waals surface area contributed by atoms with E-state index < -0.39 is 0 Å². The molecule has 17 heavy (non-hydrogen) atoms. The van der Waals surface area contributed by atoms with Gasteiger partial charge in [-0.2, -0.15) is 0 Å². The van der Waals surface area contributed by atoms with E-state index >= 15 is 0 Å². The molecule has 3 nitrogen and oxygen atoms in total. The maximum Gasteiger partial charge on any atom is 0.138 e. The van der Waals surface area contributed by atoms with Crippen molar-refractivity contribution in [3.8, 4) is 5.75 Å². The van der Waals surface area contributed by atoms with Crippen molar-refractivity contribution in [3.63, 3.8) is 0 Å². The number of hydrogen-bond acceptors (Lipinski definition) is 3. The van der Waals surface area contributed by atoms with Crippen LogP contribution >= 0.6 is 23.2 Å². The van der Waals surface area contributed by atoms with Crippen LogP contribution in [0, 0.1) is 5.92 Å². The lowest BCUT2D eigenvalue weighted by molar-refractivity contribution is 0.185. The molecule has 5 heteroatoms. The van der Waals surface area contributed by atoms with Crippen LogP contribution in [0.3, 0.4) is 0 Å². The third-order valence-electron chi connectivity index (χ3n) is 2.88. The molecule has 0 amide bonds. The molecule has 1 saturated heterocycles. The van der Waals surface area contributed by atoms with Gasteiger partial charge in [-0.3, -0.25) is 0 Å². The Morgan fingerprint density at radius 2 is 2.24 bits per heavy atom. The smallest absolute Gasteiger partial charge is 0.138 e. The summed E-state index contributed by atoms with van der Waals surface area (Å²) in [5.74, 6) is 0.665. The van der Waals surface area contributed by atoms with E-state index in [0.29, 0.717) is 22.5 Å². The number of ether oxygens (including phenoxy) is 1. The van der Waals surface area contributed by atoms with Crippen LogP contribution in [0.25, 0.3) is 0 Å². The van der Waals surface area contributed by atoms with Gasteiger partial charge in [-0.15, -0.1) is 0 Å². The summed E-state index contributed by atoms with van der Waals surface area (Å²) in [5, 5.41) is 13.9. The first-order valence-corrected chi connectivity index (χ1v) is 6.37. The number of halogens is 2. The van der Waals surface area contributed by atoms with Crippen molar-refractivity contribution in [1.29, 1.82) is 0 Å². The fourth-order valence-electron chi connectivity index (χ4n) is 1.91. The summed E-state index contributed by atoms with van der Waals surface area (Å²) in [6.45, 7) is 3.10. The monoisotopic (exact) mass is 275 g/mol. The van der Waals surface area contributed by atoms with E-state index in [1.165, 1.54) is 6.07 Å². The second-order valence-electron chi connectivity index (χ2n) is 4.26. The first kappa shape index (κ1) is 13.0. The van der Waals surface area contributed by atoms with Crippen molar-refractivity contribution in [2.45, 2.75) is 13.0 Å². The highest BCUT2D eigenvalue weighted by atomic mass is 35.5. The molecule has 1 aromatic rings. The Bertz CT molecular complexity index is 392. The number of aromatic hydroxyl groups is 1. The lowest BCUT2D eigenvalue weighted by Gasteiger charge is -2.11. The Labute approximate surface area is 111 Å². The largest absolute Gasteiger partial charge is 0.506 e. The summed E-state index contributed by atoms with van der Waals surface area (Å²) in [4.78, 5) is 0. The maximum absolute atomic E-state index is 9.76. The van der Waals surface area contributed by atoms with Crippen LogP contribution in [0.1, 0.15) is 12.0 Å². The van der Waals surface area contributed by atoms with Crippen molar-refractivity contribution < 1.29 is 9.84 Å². The molecular weight excluding hydrogens is 261 g/mol. The molecule has 1 aliphatic heterocycles. The zero-order valence-electron chi connectivity index (χ0n) is 9.38. The van der Waals surface area contributed by atoms with Crippen molar-refractivity contribution in [3.05, 3.63) is 27.7 Å². The Morgan fingerprint density at radius 3 is 2.94 bits per heavy atom. The predicted octanol–water partition coefficient (Wildman–Crippen LogP) is 2.83. The fraction of sp³-hybridized carbons (Fsp3) is 0.500. The van der Waals surface area contributed by atoms with Gasteiger partial charge in [0, 0.05) is 30.3 Å². The van der Waals surface area contributed by atoms with Crippen LogP contribution in [-0.4, -0.2) is 24.9 Å². The van der Waals surface area contributed by atoms with E-state index in [1.54, 1.807) is 6.07 Å². The van der Waals surface area contributed by atoms with Gasteiger partial charge in [0.15, 0.2) is 0 Å². The molecule has 0 bridgehead atoms. The van der Waals surface area contributed by atoms with E-state index in [1.807, 2.05) is 0 Å². The van der Waals surface area contributed by atoms with Gasteiger partial charge in [0.05, 0.1) is 11.6 Å². The van der Waals surface area contributed by atoms with Gasteiger partial charge >= 0.3 is 0 Å². The molecular formula is C12H15Cl2NO2. The average molecular weight is 276 g/mol. The van der Waals surface area contributed by atoms with Crippen molar-refractivity contribution in [2.75, 3.05) is 19.8 Å². The van der Waals surface area contributed by atoms with Crippen LogP contribution in [0.2, 0.25) is 10.0 Å². The van der Waals surface area contributed by atoms with E-state index in [0.717, 1.165) is 31.7 Å². The molecule has 2 N–H and O–H groups in total. The van der Waals surface area contributed by atoms with Crippen LogP contribution < -0.4 is 5.32 Å². The Morgan fingerprint density at radius 1 is 1.41 bits per heavy atom. The molecule has 0 radical (unpaired) electrons. The number of hydrogen-bond donors (Lipinski definition) is 2. The Hall–Kier alpha value is -0.480. The van der Waals surface area contributed by atoms with Gasteiger partial charge in [0.2, 0.25) is 0 Å². The van der Waals surface area contributed by atoms with Crippen LogP contribution in [-0.2, 0) is 11.3 Å². The lowest BCUT2D eigenvalue weighted by atomic mass is 10.1. The maximum atomic E-state index is 9.76.